The molecular weight excluding hydrogens is 200 g/mol. The number of nitrogens with two attached hydrogens (primary N) is 1. The predicted octanol–water partition coefficient (Wildman–Crippen LogP) is 1.99. The molecule has 0 aromatic carbocycles. The minimum absolute atomic E-state index is 0.0158. The molecule has 0 fully saturated rings. The summed E-state index contributed by atoms with van der Waals surface area (Å²) in [6, 6.07) is 4.31. The van der Waals surface area contributed by atoms with Crippen LogP contribution >= 0.6 is 0 Å². The van der Waals surface area contributed by atoms with Crippen LogP contribution in [0.5, 0.6) is 0 Å². The lowest BCUT2D eigenvalue weighted by molar-refractivity contribution is 0.629. The van der Waals surface area contributed by atoms with Crippen molar-refractivity contribution in [3.63, 3.8) is 0 Å². The van der Waals surface area contributed by atoms with Crippen LogP contribution in [0.15, 0.2) is 18.3 Å². The molecule has 1 atom stereocenters. The van der Waals surface area contributed by atoms with Crippen molar-refractivity contribution in [3.05, 3.63) is 24.0 Å². The normalized spacial score (nSPS) is 12.2. The van der Waals surface area contributed by atoms with Gasteiger partial charge in [-0.05, 0) is 32.4 Å². The summed E-state index contributed by atoms with van der Waals surface area (Å²) in [5.74, 6) is 0.0158. The molecule has 4 heteroatoms. The molecule has 0 aliphatic carbocycles. The van der Waals surface area contributed by atoms with Crippen molar-refractivity contribution in [2.24, 2.45) is 5.73 Å². The summed E-state index contributed by atoms with van der Waals surface area (Å²) in [7, 11) is 0. The SMILES string of the molecule is CCC(C)N(CC)c1ccnc(C(=N)N)c1. The fraction of sp³-hybridized carbons (Fsp3) is 0.500. The molecule has 16 heavy (non-hydrogen) atoms. The molecule has 0 saturated carbocycles. The Labute approximate surface area is 97.0 Å². The first-order valence-corrected chi connectivity index (χ1v) is 5.67. The van der Waals surface area contributed by atoms with Crippen LogP contribution in [0.4, 0.5) is 5.69 Å². The second-order valence-corrected chi connectivity index (χ2v) is 3.86. The van der Waals surface area contributed by atoms with Gasteiger partial charge in [-0.25, -0.2) is 0 Å². The van der Waals surface area contributed by atoms with E-state index in [1.165, 1.54) is 0 Å². The number of nitrogens with zero attached hydrogens (tertiary/aromatic N) is 2. The van der Waals surface area contributed by atoms with Crippen LogP contribution in [0.25, 0.3) is 0 Å². The molecule has 3 N–H and O–H groups in total. The topological polar surface area (TPSA) is 66.0 Å². The minimum Gasteiger partial charge on any atom is -0.382 e. The Morgan fingerprint density at radius 2 is 2.25 bits per heavy atom. The van der Waals surface area contributed by atoms with E-state index in [0.29, 0.717) is 11.7 Å². The molecule has 1 heterocycles. The van der Waals surface area contributed by atoms with Gasteiger partial charge in [0, 0.05) is 24.5 Å². The molecule has 1 unspecified atom stereocenters. The van der Waals surface area contributed by atoms with Crippen molar-refractivity contribution in [2.75, 3.05) is 11.4 Å². The summed E-state index contributed by atoms with van der Waals surface area (Å²) >= 11 is 0. The fourth-order valence-electron chi connectivity index (χ4n) is 1.71. The van der Waals surface area contributed by atoms with Crippen LogP contribution in [0.1, 0.15) is 32.9 Å². The first-order chi connectivity index (χ1) is 7.60. The summed E-state index contributed by atoms with van der Waals surface area (Å²) < 4.78 is 0. The lowest BCUT2D eigenvalue weighted by Gasteiger charge is -2.29. The second kappa shape index (κ2) is 5.49. The van der Waals surface area contributed by atoms with Gasteiger partial charge in [0.25, 0.3) is 0 Å². The van der Waals surface area contributed by atoms with E-state index in [2.05, 4.69) is 30.7 Å². The van der Waals surface area contributed by atoms with Crippen LogP contribution in [0, 0.1) is 5.41 Å². The first kappa shape index (κ1) is 12.5. The van der Waals surface area contributed by atoms with E-state index in [0.717, 1.165) is 18.7 Å². The monoisotopic (exact) mass is 220 g/mol. The van der Waals surface area contributed by atoms with E-state index in [4.69, 9.17) is 11.1 Å². The van der Waals surface area contributed by atoms with Gasteiger partial charge in [-0.1, -0.05) is 6.92 Å². The van der Waals surface area contributed by atoms with E-state index in [-0.39, 0.29) is 5.84 Å². The van der Waals surface area contributed by atoms with E-state index >= 15 is 0 Å². The molecule has 0 bridgehead atoms. The number of aromatic nitrogens is 1. The van der Waals surface area contributed by atoms with Crippen molar-refractivity contribution in [3.8, 4) is 0 Å². The van der Waals surface area contributed by atoms with Gasteiger partial charge in [-0.2, -0.15) is 0 Å². The maximum atomic E-state index is 7.38. The van der Waals surface area contributed by atoms with Crippen molar-refractivity contribution < 1.29 is 0 Å². The average molecular weight is 220 g/mol. The van der Waals surface area contributed by atoms with Crippen LogP contribution in [0.3, 0.4) is 0 Å². The number of amidine groups is 1. The zero-order chi connectivity index (χ0) is 12.1. The Hall–Kier alpha value is -1.58. The number of hydrogen-bond donors (Lipinski definition) is 2. The van der Waals surface area contributed by atoms with Crippen molar-refractivity contribution in [2.45, 2.75) is 33.2 Å². The molecule has 1 rings (SSSR count). The maximum Gasteiger partial charge on any atom is 0.141 e. The zero-order valence-corrected chi connectivity index (χ0v) is 10.2. The van der Waals surface area contributed by atoms with Crippen molar-refractivity contribution in [1.29, 1.82) is 5.41 Å². The molecule has 0 amide bonds. The smallest absolute Gasteiger partial charge is 0.141 e. The van der Waals surface area contributed by atoms with Gasteiger partial charge in [0.05, 0.1) is 0 Å². The number of rotatable bonds is 5. The number of nitrogens with one attached hydrogen (secondary N) is 1. The van der Waals surface area contributed by atoms with Crippen molar-refractivity contribution in [1.82, 2.24) is 4.98 Å². The molecule has 1 aromatic rings. The summed E-state index contributed by atoms with van der Waals surface area (Å²) in [5, 5.41) is 7.38. The molecule has 88 valence electrons. The lowest BCUT2D eigenvalue weighted by atomic mass is 10.2. The van der Waals surface area contributed by atoms with E-state index in [1.807, 2.05) is 12.1 Å². The minimum atomic E-state index is 0.0158. The Bertz CT molecular complexity index is 362. The van der Waals surface area contributed by atoms with E-state index < -0.39 is 0 Å². The molecule has 1 aromatic heterocycles. The molecule has 0 spiro atoms. The Balaban J connectivity index is 3.01. The van der Waals surface area contributed by atoms with Gasteiger partial charge in [-0.15, -0.1) is 0 Å². The number of anilines is 1. The molecule has 0 aliphatic heterocycles. The third-order valence-electron chi connectivity index (χ3n) is 2.81. The average Bonchev–Trinajstić information content (AvgIpc) is 2.30. The van der Waals surface area contributed by atoms with Crippen molar-refractivity contribution >= 4 is 11.5 Å². The molecule has 0 radical (unpaired) electrons. The standard InChI is InChI=1S/C12H20N4/c1-4-9(3)16(5-2)10-6-7-15-11(8-10)12(13)14/h6-9H,4-5H2,1-3H3,(H3,13,14). The Morgan fingerprint density at radius 3 is 2.75 bits per heavy atom. The largest absolute Gasteiger partial charge is 0.382 e. The summed E-state index contributed by atoms with van der Waals surface area (Å²) in [5.41, 5.74) is 7.06. The Kier molecular flexibility index (Phi) is 4.28. The van der Waals surface area contributed by atoms with Crippen LogP contribution in [-0.2, 0) is 0 Å². The lowest BCUT2D eigenvalue weighted by Crippen LogP contribution is -2.32. The second-order valence-electron chi connectivity index (χ2n) is 3.86. The number of hydrogen-bond acceptors (Lipinski definition) is 3. The zero-order valence-electron chi connectivity index (χ0n) is 10.2. The van der Waals surface area contributed by atoms with Gasteiger partial charge >= 0.3 is 0 Å². The van der Waals surface area contributed by atoms with E-state index in [1.54, 1.807) is 6.20 Å². The molecule has 0 saturated heterocycles. The number of nitrogen functional groups attached to an aromatic ring is 1. The van der Waals surface area contributed by atoms with Gasteiger partial charge in [-0.3, -0.25) is 10.4 Å². The molecule has 4 nitrogen and oxygen atoms in total. The van der Waals surface area contributed by atoms with Crippen LogP contribution in [0.2, 0.25) is 0 Å². The number of pyridine rings is 1. The summed E-state index contributed by atoms with van der Waals surface area (Å²) in [4.78, 5) is 6.35. The van der Waals surface area contributed by atoms with Crippen LogP contribution < -0.4 is 10.6 Å². The first-order valence-electron chi connectivity index (χ1n) is 5.67. The highest BCUT2D eigenvalue weighted by molar-refractivity contribution is 5.93. The third kappa shape index (κ3) is 2.72. The predicted molar refractivity (Wildman–Crippen MR) is 68.0 cm³/mol. The van der Waals surface area contributed by atoms with Gasteiger partial charge in [0.1, 0.15) is 11.5 Å². The van der Waals surface area contributed by atoms with Gasteiger partial charge in [0.15, 0.2) is 0 Å². The quantitative estimate of drug-likeness (QED) is 0.589. The molecular formula is C12H20N4. The summed E-state index contributed by atoms with van der Waals surface area (Å²) in [6.07, 6.45) is 2.79. The van der Waals surface area contributed by atoms with Gasteiger partial charge < -0.3 is 10.6 Å². The van der Waals surface area contributed by atoms with E-state index in [9.17, 15) is 0 Å². The maximum absolute atomic E-state index is 7.38. The summed E-state index contributed by atoms with van der Waals surface area (Å²) in [6.45, 7) is 7.42. The molecule has 0 aliphatic rings. The highest BCUT2D eigenvalue weighted by atomic mass is 15.1. The highest BCUT2D eigenvalue weighted by Crippen LogP contribution is 2.18. The van der Waals surface area contributed by atoms with Gasteiger partial charge in [0.2, 0.25) is 0 Å². The fourth-order valence-corrected chi connectivity index (χ4v) is 1.71. The Morgan fingerprint density at radius 1 is 1.56 bits per heavy atom. The highest BCUT2D eigenvalue weighted by Gasteiger charge is 2.11. The van der Waals surface area contributed by atoms with Crippen LogP contribution in [-0.4, -0.2) is 23.4 Å². The third-order valence-corrected chi connectivity index (χ3v) is 2.81.